The van der Waals surface area contributed by atoms with Crippen LogP contribution in [0.1, 0.15) is 0 Å². The highest BCUT2D eigenvalue weighted by atomic mass is 35.5. The van der Waals surface area contributed by atoms with Gasteiger partial charge in [-0.05, 0) is 18.2 Å². The highest BCUT2D eigenvalue weighted by Gasteiger charge is 2.11. The first kappa shape index (κ1) is 13.8. The Bertz CT molecular complexity index is 601. The highest BCUT2D eigenvalue weighted by Crippen LogP contribution is 2.36. The van der Waals surface area contributed by atoms with Gasteiger partial charge in [-0.15, -0.1) is 0 Å². The third kappa shape index (κ3) is 2.67. The summed E-state index contributed by atoms with van der Waals surface area (Å²) in [6.45, 7) is 0. The molecule has 2 nitrogen and oxygen atoms in total. The van der Waals surface area contributed by atoms with Gasteiger partial charge in [0.1, 0.15) is 5.02 Å². The smallest absolute Gasteiger partial charge is 0.232 e. The molecule has 0 amide bonds. The maximum absolute atomic E-state index is 6.12. The molecule has 1 heterocycles. The van der Waals surface area contributed by atoms with Crippen molar-refractivity contribution in [3.8, 4) is 17.0 Å². The topological polar surface area (TPSA) is 22.1 Å². The van der Waals surface area contributed by atoms with Crippen molar-refractivity contribution in [1.82, 2.24) is 4.98 Å². The first-order chi connectivity index (χ1) is 8.52. The quantitative estimate of drug-likeness (QED) is 0.693. The molecule has 0 fully saturated rings. The Kier molecular flexibility index (Phi) is 4.23. The largest absolute Gasteiger partial charge is 0.480 e. The molecule has 0 atom stereocenters. The summed E-state index contributed by atoms with van der Waals surface area (Å²) in [4.78, 5) is 4.08. The van der Waals surface area contributed by atoms with Gasteiger partial charge in [-0.25, -0.2) is 4.98 Å². The van der Waals surface area contributed by atoms with E-state index in [2.05, 4.69) is 4.98 Å². The minimum absolute atomic E-state index is 0.358. The van der Waals surface area contributed by atoms with Gasteiger partial charge in [-0.3, -0.25) is 0 Å². The zero-order valence-corrected chi connectivity index (χ0v) is 12.2. The zero-order chi connectivity index (χ0) is 13.3. The molecular weight excluding hydrogens is 316 g/mol. The Morgan fingerprint density at radius 2 is 1.56 bits per heavy atom. The number of aromatic nitrogens is 1. The summed E-state index contributed by atoms with van der Waals surface area (Å²) in [7, 11) is 1.50. The minimum Gasteiger partial charge on any atom is -0.480 e. The number of rotatable bonds is 2. The van der Waals surface area contributed by atoms with Crippen LogP contribution >= 0.6 is 46.4 Å². The standard InChI is InChI=1S/C12H7Cl4NO/c1-18-12-11(16)2-6(5-17-12)7-3-9(14)10(15)4-8(7)13/h2-5H,1H3. The van der Waals surface area contributed by atoms with Crippen LogP contribution in [-0.4, -0.2) is 12.1 Å². The fraction of sp³-hybridized carbons (Fsp3) is 0.0833. The lowest BCUT2D eigenvalue weighted by Crippen LogP contribution is -1.90. The SMILES string of the molecule is COc1ncc(-c2cc(Cl)c(Cl)cc2Cl)cc1Cl. The number of hydrogen-bond acceptors (Lipinski definition) is 2. The van der Waals surface area contributed by atoms with Crippen molar-refractivity contribution in [2.75, 3.05) is 7.11 Å². The Morgan fingerprint density at radius 3 is 2.17 bits per heavy atom. The molecule has 2 rings (SSSR count). The van der Waals surface area contributed by atoms with Gasteiger partial charge >= 0.3 is 0 Å². The molecule has 0 bridgehead atoms. The van der Waals surface area contributed by atoms with Gasteiger partial charge in [0.15, 0.2) is 0 Å². The van der Waals surface area contributed by atoms with Crippen molar-refractivity contribution in [2.24, 2.45) is 0 Å². The molecule has 0 aliphatic heterocycles. The molecule has 0 N–H and O–H groups in total. The molecule has 6 heteroatoms. The van der Waals surface area contributed by atoms with Crippen LogP contribution in [0.5, 0.6) is 5.88 Å². The third-order valence-corrected chi connectivity index (χ3v) is 3.63. The lowest BCUT2D eigenvalue weighted by Gasteiger charge is -2.08. The summed E-state index contributed by atoms with van der Waals surface area (Å²) in [6.07, 6.45) is 1.61. The lowest BCUT2D eigenvalue weighted by atomic mass is 10.1. The number of methoxy groups -OCH3 is 1. The van der Waals surface area contributed by atoms with Gasteiger partial charge in [-0.1, -0.05) is 46.4 Å². The maximum atomic E-state index is 6.12. The number of ether oxygens (including phenoxy) is 1. The van der Waals surface area contributed by atoms with Gasteiger partial charge in [0.2, 0.25) is 5.88 Å². The maximum Gasteiger partial charge on any atom is 0.232 e. The van der Waals surface area contributed by atoms with E-state index in [1.54, 1.807) is 24.4 Å². The molecule has 1 aromatic heterocycles. The molecule has 0 radical (unpaired) electrons. The van der Waals surface area contributed by atoms with Gasteiger partial charge < -0.3 is 4.74 Å². The van der Waals surface area contributed by atoms with E-state index >= 15 is 0 Å². The molecule has 94 valence electrons. The number of benzene rings is 1. The summed E-state index contributed by atoms with van der Waals surface area (Å²) in [6, 6.07) is 4.96. The fourth-order valence-corrected chi connectivity index (χ4v) is 2.37. The average Bonchev–Trinajstić information content (AvgIpc) is 2.33. The predicted molar refractivity (Wildman–Crippen MR) is 76.3 cm³/mol. The van der Waals surface area contributed by atoms with E-state index in [1.807, 2.05) is 0 Å². The van der Waals surface area contributed by atoms with Gasteiger partial charge in [0, 0.05) is 17.3 Å². The van der Waals surface area contributed by atoms with Crippen molar-refractivity contribution in [2.45, 2.75) is 0 Å². The van der Waals surface area contributed by atoms with E-state index < -0.39 is 0 Å². The van der Waals surface area contributed by atoms with Crippen LogP contribution in [-0.2, 0) is 0 Å². The number of pyridine rings is 1. The highest BCUT2D eigenvalue weighted by molar-refractivity contribution is 6.44. The number of nitrogens with zero attached hydrogens (tertiary/aromatic N) is 1. The van der Waals surface area contributed by atoms with Crippen molar-refractivity contribution in [3.05, 3.63) is 44.5 Å². The summed E-state index contributed by atoms with van der Waals surface area (Å²) in [5.74, 6) is 0.358. The van der Waals surface area contributed by atoms with Crippen molar-refractivity contribution in [1.29, 1.82) is 0 Å². The van der Waals surface area contributed by atoms with Crippen LogP contribution in [0.25, 0.3) is 11.1 Å². The average molecular weight is 323 g/mol. The van der Waals surface area contributed by atoms with Crippen LogP contribution in [0.3, 0.4) is 0 Å². The summed E-state index contributed by atoms with van der Waals surface area (Å²) >= 11 is 24.0. The Labute approximate surface area is 124 Å². The molecule has 0 unspecified atom stereocenters. The van der Waals surface area contributed by atoms with Crippen molar-refractivity contribution in [3.63, 3.8) is 0 Å². The second-order valence-electron chi connectivity index (χ2n) is 3.46. The Morgan fingerprint density at radius 1 is 0.889 bits per heavy atom. The van der Waals surface area contributed by atoms with E-state index in [1.165, 1.54) is 7.11 Å². The summed E-state index contributed by atoms with van der Waals surface area (Å²) < 4.78 is 4.99. The second kappa shape index (κ2) is 5.54. The molecule has 18 heavy (non-hydrogen) atoms. The van der Waals surface area contributed by atoms with Gasteiger partial charge in [0.25, 0.3) is 0 Å². The van der Waals surface area contributed by atoms with Crippen molar-refractivity contribution < 1.29 is 4.74 Å². The summed E-state index contributed by atoms with van der Waals surface area (Å²) in [5.41, 5.74) is 1.45. The zero-order valence-electron chi connectivity index (χ0n) is 9.18. The Balaban J connectivity index is 2.55. The normalized spacial score (nSPS) is 10.5. The van der Waals surface area contributed by atoms with E-state index in [-0.39, 0.29) is 0 Å². The molecule has 0 saturated carbocycles. The summed E-state index contributed by atoms with van der Waals surface area (Å²) in [5, 5.41) is 1.70. The number of halogens is 4. The molecule has 0 saturated heterocycles. The molecule has 0 spiro atoms. The molecule has 0 aliphatic rings. The lowest BCUT2D eigenvalue weighted by molar-refractivity contribution is 0.398. The van der Waals surface area contributed by atoms with Crippen molar-refractivity contribution >= 4 is 46.4 Å². The molecule has 1 aromatic carbocycles. The van der Waals surface area contributed by atoms with Crippen LogP contribution < -0.4 is 4.74 Å². The molecule has 2 aromatic rings. The van der Waals surface area contributed by atoms with E-state index in [0.29, 0.717) is 31.5 Å². The van der Waals surface area contributed by atoms with Crippen LogP contribution in [0.2, 0.25) is 20.1 Å². The van der Waals surface area contributed by atoms with E-state index in [9.17, 15) is 0 Å². The predicted octanol–water partition coefficient (Wildman–Crippen LogP) is 5.37. The van der Waals surface area contributed by atoms with Gasteiger partial charge in [-0.2, -0.15) is 0 Å². The minimum atomic E-state index is 0.358. The van der Waals surface area contributed by atoms with Crippen LogP contribution in [0.4, 0.5) is 0 Å². The van der Waals surface area contributed by atoms with E-state index in [4.69, 9.17) is 51.1 Å². The van der Waals surface area contributed by atoms with Gasteiger partial charge in [0.05, 0.1) is 22.2 Å². The molecule has 0 aliphatic carbocycles. The third-order valence-electron chi connectivity index (χ3n) is 2.32. The first-order valence-corrected chi connectivity index (χ1v) is 6.38. The fourth-order valence-electron chi connectivity index (χ4n) is 1.47. The first-order valence-electron chi connectivity index (χ1n) is 4.87. The van der Waals surface area contributed by atoms with Crippen LogP contribution in [0.15, 0.2) is 24.4 Å². The van der Waals surface area contributed by atoms with E-state index in [0.717, 1.165) is 5.56 Å². The number of hydrogen-bond donors (Lipinski definition) is 0. The monoisotopic (exact) mass is 321 g/mol. The molecular formula is C12H7Cl4NO. The second-order valence-corrected chi connectivity index (χ2v) is 5.09. The van der Waals surface area contributed by atoms with Crippen LogP contribution in [0, 0.1) is 0 Å². The Hall–Kier alpha value is -0.670.